The van der Waals surface area contributed by atoms with Gasteiger partial charge in [-0.1, -0.05) is 6.92 Å². The summed E-state index contributed by atoms with van der Waals surface area (Å²) >= 11 is 0. The first-order chi connectivity index (χ1) is 7.35. The average Bonchev–Trinajstić information content (AvgIpc) is 2.20. The van der Waals surface area contributed by atoms with Crippen molar-refractivity contribution in [3.05, 3.63) is 0 Å². The van der Waals surface area contributed by atoms with E-state index < -0.39 is 42.5 Å². The summed E-state index contributed by atoms with van der Waals surface area (Å²) in [6.45, 7) is 1.72. The van der Waals surface area contributed by atoms with Crippen molar-refractivity contribution in [1.29, 1.82) is 0 Å². The predicted molar refractivity (Wildman–Crippen MR) is 51.9 cm³/mol. The van der Waals surface area contributed by atoms with Gasteiger partial charge < -0.3 is 10.1 Å². The lowest BCUT2D eigenvalue weighted by atomic mass is 9.81. The van der Waals surface area contributed by atoms with Gasteiger partial charge in [0.05, 0.1) is 13.0 Å². The molecule has 6 heteroatoms. The first-order valence-electron chi connectivity index (χ1n) is 5.09. The van der Waals surface area contributed by atoms with E-state index in [1.807, 2.05) is 0 Å². The molecule has 1 fully saturated rings. The number of esters is 1. The van der Waals surface area contributed by atoms with Gasteiger partial charge in [-0.05, 0) is 0 Å². The molecule has 1 aliphatic carbocycles. The average molecular weight is 235 g/mol. The molecule has 1 aliphatic rings. The normalized spacial score (nSPS) is 20.8. The largest absolute Gasteiger partial charge is 0.469 e. The molecule has 0 unspecified atom stereocenters. The molecule has 92 valence electrons. The lowest BCUT2D eigenvalue weighted by Crippen LogP contribution is -2.46. The predicted octanol–water partition coefficient (Wildman–Crippen LogP) is 0.957. The fourth-order valence-electron chi connectivity index (χ4n) is 1.53. The zero-order chi connectivity index (χ0) is 12.3. The van der Waals surface area contributed by atoms with Gasteiger partial charge in [-0.3, -0.25) is 9.59 Å². The second-order valence-corrected chi connectivity index (χ2v) is 4.13. The van der Waals surface area contributed by atoms with Crippen molar-refractivity contribution in [1.82, 2.24) is 5.32 Å². The van der Waals surface area contributed by atoms with Gasteiger partial charge in [-0.25, -0.2) is 8.78 Å². The summed E-state index contributed by atoms with van der Waals surface area (Å²) in [5.74, 6) is -4.63. The van der Waals surface area contributed by atoms with Crippen LogP contribution in [0.3, 0.4) is 0 Å². The number of nitrogens with one attached hydrogen (secondary N) is 1. The molecule has 0 aromatic heterocycles. The second-order valence-electron chi connectivity index (χ2n) is 4.13. The molecule has 0 aromatic carbocycles. The minimum atomic E-state index is -2.70. The number of halogens is 2. The third-order valence-corrected chi connectivity index (χ3v) is 2.65. The Hall–Kier alpha value is -1.20. The van der Waals surface area contributed by atoms with Crippen LogP contribution in [-0.4, -0.2) is 31.5 Å². The highest BCUT2D eigenvalue weighted by atomic mass is 19.3. The van der Waals surface area contributed by atoms with E-state index in [1.54, 1.807) is 6.92 Å². The van der Waals surface area contributed by atoms with Crippen molar-refractivity contribution in [3.8, 4) is 0 Å². The van der Waals surface area contributed by atoms with E-state index in [1.165, 1.54) is 7.11 Å². The zero-order valence-electron chi connectivity index (χ0n) is 9.26. The molecule has 0 heterocycles. The van der Waals surface area contributed by atoms with Gasteiger partial charge in [0.1, 0.15) is 0 Å². The van der Waals surface area contributed by atoms with Crippen molar-refractivity contribution in [2.75, 3.05) is 13.7 Å². The Morgan fingerprint density at radius 1 is 1.50 bits per heavy atom. The minimum Gasteiger partial charge on any atom is -0.469 e. The molecule has 0 spiro atoms. The van der Waals surface area contributed by atoms with Crippen molar-refractivity contribution >= 4 is 11.9 Å². The van der Waals surface area contributed by atoms with Gasteiger partial charge in [0.25, 0.3) is 0 Å². The van der Waals surface area contributed by atoms with Crippen LogP contribution in [0.25, 0.3) is 0 Å². The topological polar surface area (TPSA) is 55.4 Å². The number of hydrogen-bond donors (Lipinski definition) is 1. The molecule has 1 saturated carbocycles. The Balaban J connectivity index is 2.24. The van der Waals surface area contributed by atoms with Gasteiger partial charge in [-0.2, -0.15) is 0 Å². The molecule has 0 aliphatic heterocycles. The molecule has 0 aromatic rings. The molecule has 0 bridgehead atoms. The molecule has 1 rings (SSSR count). The Bertz CT molecular complexity index is 286. The maximum Gasteiger partial charge on any atom is 0.310 e. The molecule has 0 radical (unpaired) electrons. The minimum absolute atomic E-state index is 0.119. The van der Waals surface area contributed by atoms with Crippen molar-refractivity contribution in [2.45, 2.75) is 25.7 Å². The number of methoxy groups -OCH3 is 1. The standard InChI is InChI=1S/C10H15F2NO3/c1-6(9(15)16-2)5-13-8(14)7-3-10(11,12)4-7/h6-7H,3-5H2,1-2H3,(H,13,14)/t6-/m0/s1. The van der Waals surface area contributed by atoms with Gasteiger partial charge >= 0.3 is 5.97 Å². The smallest absolute Gasteiger partial charge is 0.310 e. The van der Waals surface area contributed by atoms with Crippen molar-refractivity contribution < 1.29 is 23.1 Å². The number of rotatable bonds is 4. The van der Waals surface area contributed by atoms with Gasteiger partial charge in [-0.15, -0.1) is 0 Å². The lowest BCUT2D eigenvalue weighted by molar-refractivity contribution is -0.151. The van der Waals surface area contributed by atoms with Crippen LogP contribution in [0.5, 0.6) is 0 Å². The van der Waals surface area contributed by atoms with E-state index in [-0.39, 0.29) is 6.54 Å². The fraction of sp³-hybridized carbons (Fsp3) is 0.800. The van der Waals surface area contributed by atoms with Crippen LogP contribution in [0, 0.1) is 11.8 Å². The Morgan fingerprint density at radius 2 is 2.06 bits per heavy atom. The Kier molecular flexibility index (Phi) is 3.83. The first-order valence-corrected chi connectivity index (χ1v) is 5.09. The number of ether oxygens (including phenoxy) is 1. The van der Waals surface area contributed by atoms with Gasteiger partial charge in [0, 0.05) is 25.3 Å². The van der Waals surface area contributed by atoms with E-state index in [2.05, 4.69) is 10.1 Å². The van der Waals surface area contributed by atoms with Crippen molar-refractivity contribution in [2.24, 2.45) is 11.8 Å². The zero-order valence-corrected chi connectivity index (χ0v) is 9.26. The van der Waals surface area contributed by atoms with E-state index >= 15 is 0 Å². The highest BCUT2D eigenvalue weighted by Gasteiger charge is 2.48. The van der Waals surface area contributed by atoms with Gasteiger partial charge in [0.2, 0.25) is 11.8 Å². The summed E-state index contributed by atoms with van der Waals surface area (Å²) in [5.41, 5.74) is 0. The summed E-state index contributed by atoms with van der Waals surface area (Å²) in [4.78, 5) is 22.3. The van der Waals surface area contributed by atoms with Crippen LogP contribution in [0.1, 0.15) is 19.8 Å². The highest BCUT2D eigenvalue weighted by molar-refractivity contribution is 5.80. The summed E-state index contributed by atoms with van der Waals surface area (Å²) in [7, 11) is 1.26. The quantitative estimate of drug-likeness (QED) is 0.738. The van der Waals surface area contributed by atoms with E-state index in [9.17, 15) is 18.4 Å². The maximum atomic E-state index is 12.5. The third kappa shape index (κ3) is 3.15. The number of alkyl halides is 2. The number of amides is 1. The molecule has 16 heavy (non-hydrogen) atoms. The molecule has 1 amide bonds. The van der Waals surface area contributed by atoms with Crippen LogP contribution in [0.15, 0.2) is 0 Å². The van der Waals surface area contributed by atoms with E-state index in [0.29, 0.717) is 0 Å². The summed E-state index contributed by atoms with van der Waals surface area (Å²) in [5, 5.41) is 2.46. The van der Waals surface area contributed by atoms with E-state index in [0.717, 1.165) is 0 Å². The summed E-state index contributed by atoms with van der Waals surface area (Å²) in [6, 6.07) is 0. The SMILES string of the molecule is COC(=O)[C@@H](C)CNC(=O)C1CC(F)(F)C1. The van der Waals surface area contributed by atoms with Crippen LogP contribution in [-0.2, 0) is 14.3 Å². The highest BCUT2D eigenvalue weighted by Crippen LogP contribution is 2.42. The molecule has 0 saturated heterocycles. The third-order valence-electron chi connectivity index (χ3n) is 2.65. The fourth-order valence-corrected chi connectivity index (χ4v) is 1.53. The molecule has 4 nitrogen and oxygen atoms in total. The number of carbonyl (C=O) groups excluding carboxylic acids is 2. The second kappa shape index (κ2) is 4.76. The lowest BCUT2D eigenvalue weighted by Gasteiger charge is -2.33. The number of hydrogen-bond acceptors (Lipinski definition) is 3. The first kappa shape index (κ1) is 12.9. The summed E-state index contributed by atoms with van der Waals surface area (Å²) in [6.07, 6.45) is -0.795. The van der Waals surface area contributed by atoms with Gasteiger partial charge in [0.15, 0.2) is 0 Å². The molecular formula is C10H15F2NO3. The molecule has 1 atom stereocenters. The van der Waals surface area contributed by atoms with Crippen LogP contribution >= 0.6 is 0 Å². The molecule has 1 N–H and O–H groups in total. The van der Waals surface area contributed by atoms with Crippen molar-refractivity contribution in [3.63, 3.8) is 0 Å². The Morgan fingerprint density at radius 3 is 2.50 bits per heavy atom. The maximum absolute atomic E-state index is 12.5. The Labute approximate surface area is 92.3 Å². The number of carbonyl (C=O) groups is 2. The summed E-state index contributed by atoms with van der Waals surface area (Å²) < 4.78 is 29.4. The monoisotopic (exact) mass is 235 g/mol. The van der Waals surface area contributed by atoms with E-state index in [4.69, 9.17) is 0 Å². The van der Waals surface area contributed by atoms with Crippen LogP contribution < -0.4 is 5.32 Å². The van der Waals surface area contributed by atoms with Crippen LogP contribution in [0.4, 0.5) is 8.78 Å². The van der Waals surface area contributed by atoms with Crippen LogP contribution in [0.2, 0.25) is 0 Å². The molecular weight excluding hydrogens is 220 g/mol.